The number of ether oxygens (including phenoxy) is 1. The van der Waals surface area contributed by atoms with Gasteiger partial charge in [0.05, 0.1) is 11.5 Å². The molecule has 110 valence electrons. The van der Waals surface area contributed by atoms with Crippen LogP contribution in [0.4, 0.5) is 4.79 Å². The van der Waals surface area contributed by atoms with E-state index in [2.05, 4.69) is 5.32 Å². The minimum atomic E-state index is -2.85. The van der Waals surface area contributed by atoms with Gasteiger partial charge in [0.2, 0.25) is 0 Å². The fraction of sp³-hybridized carbons (Fsp3) is 0.917. The van der Waals surface area contributed by atoms with Gasteiger partial charge in [0.15, 0.2) is 9.84 Å². The first kappa shape index (κ1) is 14.6. The monoisotopic (exact) mass is 290 g/mol. The number of carbonyl (C=O) groups is 1. The van der Waals surface area contributed by atoms with Crippen LogP contribution in [0, 0.1) is 0 Å². The van der Waals surface area contributed by atoms with E-state index in [9.17, 15) is 13.2 Å². The molecular formula is C12H22N2O4S. The number of sulfone groups is 1. The van der Waals surface area contributed by atoms with Crippen LogP contribution in [0.15, 0.2) is 0 Å². The molecule has 0 aromatic carbocycles. The van der Waals surface area contributed by atoms with Crippen molar-refractivity contribution in [2.24, 2.45) is 0 Å². The van der Waals surface area contributed by atoms with Gasteiger partial charge in [0, 0.05) is 25.2 Å². The van der Waals surface area contributed by atoms with Crippen LogP contribution in [-0.4, -0.2) is 61.7 Å². The molecule has 19 heavy (non-hydrogen) atoms. The minimum Gasteiger partial charge on any atom is -0.444 e. The Labute approximate surface area is 114 Å². The summed E-state index contributed by atoms with van der Waals surface area (Å²) in [4.78, 5) is 13.3. The molecule has 1 amide bonds. The lowest BCUT2D eigenvalue weighted by Gasteiger charge is -2.41. The Morgan fingerprint density at radius 3 is 2.37 bits per heavy atom. The van der Waals surface area contributed by atoms with Crippen LogP contribution in [0.3, 0.4) is 0 Å². The van der Waals surface area contributed by atoms with Crippen molar-refractivity contribution in [3.63, 3.8) is 0 Å². The highest BCUT2D eigenvalue weighted by molar-refractivity contribution is 7.91. The fourth-order valence-electron chi connectivity index (χ4n) is 2.32. The van der Waals surface area contributed by atoms with Crippen molar-refractivity contribution < 1.29 is 17.9 Å². The van der Waals surface area contributed by atoms with Gasteiger partial charge in [0.25, 0.3) is 0 Å². The van der Waals surface area contributed by atoms with Crippen molar-refractivity contribution in [2.45, 2.75) is 44.9 Å². The quantitative estimate of drug-likeness (QED) is 0.796. The van der Waals surface area contributed by atoms with Crippen molar-refractivity contribution in [3.8, 4) is 0 Å². The number of rotatable bonds is 2. The third-order valence-corrected chi connectivity index (χ3v) is 5.01. The van der Waals surface area contributed by atoms with Gasteiger partial charge in [-0.05, 0) is 27.2 Å². The lowest BCUT2D eigenvalue weighted by Crippen LogP contribution is -2.62. The summed E-state index contributed by atoms with van der Waals surface area (Å²) in [7, 11) is -2.85. The molecule has 1 atom stereocenters. The highest BCUT2D eigenvalue weighted by Gasteiger charge is 2.37. The summed E-state index contributed by atoms with van der Waals surface area (Å²) in [5.74, 6) is 0.489. The van der Waals surface area contributed by atoms with E-state index >= 15 is 0 Å². The van der Waals surface area contributed by atoms with E-state index in [1.807, 2.05) is 20.8 Å². The van der Waals surface area contributed by atoms with Crippen LogP contribution >= 0.6 is 0 Å². The highest BCUT2D eigenvalue weighted by atomic mass is 32.2. The van der Waals surface area contributed by atoms with Gasteiger partial charge in [-0.15, -0.1) is 0 Å². The third kappa shape index (κ3) is 4.07. The van der Waals surface area contributed by atoms with Gasteiger partial charge in [-0.1, -0.05) is 0 Å². The Balaban J connectivity index is 1.71. The molecule has 2 fully saturated rings. The second kappa shape index (κ2) is 4.94. The topological polar surface area (TPSA) is 75.7 Å². The van der Waals surface area contributed by atoms with Crippen LogP contribution in [0.25, 0.3) is 0 Å². The molecule has 0 aromatic rings. The summed E-state index contributed by atoms with van der Waals surface area (Å²) in [6.07, 6.45) is 0.371. The molecule has 0 aromatic heterocycles. The molecule has 1 unspecified atom stereocenters. The number of carbonyl (C=O) groups excluding carboxylic acids is 1. The summed E-state index contributed by atoms with van der Waals surface area (Å²) in [6, 6.07) is 0.224. The Kier molecular flexibility index (Phi) is 3.79. The van der Waals surface area contributed by atoms with Crippen LogP contribution in [0.2, 0.25) is 0 Å². The summed E-state index contributed by atoms with van der Waals surface area (Å²) in [6.45, 7) is 6.69. The molecule has 0 aliphatic carbocycles. The van der Waals surface area contributed by atoms with Gasteiger partial charge in [-0.3, -0.25) is 0 Å². The zero-order valence-electron chi connectivity index (χ0n) is 11.7. The summed E-state index contributed by atoms with van der Waals surface area (Å²) in [5.41, 5.74) is -0.477. The van der Waals surface area contributed by atoms with Gasteiger partial charge >= 0.3 is 6.09 Å². The molecule has 7 heteroatoms. The van der Waals surface area contributed by atoms with Crippen LogP contribution in [0.1, 0.15) is 27.2 Å². The minimum absolute atomic E-state index is 0.0378. The number of likely N-dealkylation sites (tertiary alicyclic amines) is 1. The number of hydrogen-bond acceptors (Lipinski definition) is 5. The SMILES string of the molecule is CC(C)(C)OC(=O)N1CC(NC2CCS(=O)(=O)C2)C1. The smallest absolute Gasteiger partial charge is 0.410 e. The first-order valence-electron chi connectivity index (χ1n) is 6.59. The first-order valence-corrected chi connectivity index (χ1v) is 8.41. The van der Waals surface area contributed by atoms with E-state index in [4.69, 9.17) is 4.74 Å². The maximum Gasteiger partial charge on any atom is 0.410 e. The first-order chi connectivity index (χ1) is 8.65. The molecule has 2 rings (SSSR count). The van der Waals surface area contributed by atoms with Crippen molar-refractivity contribution in [3.05, 3.63) is 0 Å². The van der Waals surface area contributed by atoms with Crippen LogP contribution < -0.4 is 5.32 Å². The van der Waals surface area contributed by atoms with Crippen LogP contribution in [-0.2, 0) is 14.6 Å². The van der Waals surface area contributed by atoms with Crippen LogP contribution in [0.5, 0.6) is 0 Å². The molecule has 2 aliphatic heterocycles. The lowest BCUT2D eigenvalue weighted by atomic mass is 10.1. The normalized spacial score (nSPS) is 27.1. The standard InChI is InChI=1S/C12H22N2O4S/c1-12(2,3)18-11(15)14-6-10(7-14)13-9-4-5-19(16,17)8-9/h9-10,13H,4-8H2,1-3H3. The van der Waals surface area contributed by atoms with Gasteiger partial charge in [0.1, 0.15) is 5.60 Å². The Bertz CT molecular complexity index is 449. The molecule has 6 nitrogen and oxygen atoms in total. The third-order valence-electron chi connectivity index (χ3n) is 3.24. The summed E-state index contributed by atoms with van der Waals surface area (Å²) < 4.78 is 27.9. The summed E-state index contributed by atoms with van der Waals surface area (Å²) >= 11 is 0. The number of hydrogen-bond donors (Lipinski definition) is 1. The molecular weight excluding hydrogens is 268 g/mol. The molecule has 0 bridgehead atoms. The second-order valence-electron chi connectivity index (χ2n) is 6.35. The van der Waals surface area contributed by atoms with E-state index in [-0.39, 0.29) is 29.7 Å². The number of nitrogens with zero attached hydrogens (tertiary/aromatic N) is 1. The fourth-order valence-corrected chi connectivity index (χ4v) is 4.01. The predicted octanol–water partition coefficient (Wildman–Crippen LogP) is 0.382. The van der Waals surface area contributed by atoms with Crippen molar-refractivity contribution in [1.29, 1.82) is 0 Å². The van der Waals surface area contributed by atoms with Crippen molar-refractivity contribution in [1.82, 2.24) is 10.2 Å². The largest absolute Gasteiger partial charge is 0.444 e. The van der Waals surface area contributed by atoms with E-state index in [1.165, 1.54) is 0 Å². The van der Waals surface area contributed by atoms with E-state index in [0.717, 1.165) is 0 Å². The average Bonchev–Trinajstić information content (AvgIpc) is 2.48. The lowest BCUT2D eigenvalue weighted by molar-refractivity contribution is 0.00444. The number of amides is 1. The zero-order valence-corrected chi connectivity index (χ0v) is 12.5. The van der Waals surface area contributed by atoms with Gasteiger partial charge < -0.3 is 15.0 Å². The number of nitrogens with one attached hydrogen (secondary N) is 1. The Morgan fingerprint density at radius 2 is 1.89 bits per heavy atom. The molecule has 2 aliphatic rings. The van der Waals surface area contributed by atoms with Gasteiger partial charge in [-0.2, -0.15) is 0 Å². The van der Waals surface area contributed by atoms with Crippen molar-refractivity contribution >= 4 is 15.9 Å². The molecule has 2 heterocycles. The van der Waals surface area contributed by atoms with E-state index in [1.54, 1.807) is 4.90 Å². The Morgan fingerprint density at radius 1 is 1.26 bits per heavy atom. The zero-order chi connectivity index (χ0) is 14.3. The van der Waals surface area contributed by atoms with E-state index in [0.29, 0.717) is 19.5 Å². The molecule has 0 spiro atoms. The maximum absolute atomic E-state index is 11.7. The average molecular weight is 290 g/mol. The van der Waals surface area contributed by atoms with Gasteiger partial charge in [-0.25, -0.2) is 13.2 Å². The maximum atomic E-state index is 11.7. The molecule has 1 N–H and O–H groups in total. The van der Waals surface area contributed by atoms with E-state index < -0.39 is 15.4 Å². The molecule has 0 saturated carbocycles. The highest BCUT2D eigenvalue weighted by Crippen LogP contribution is 2.18. The molecule has 0 radical (unpaired) electrons. The van der Waals surface area contributed by atoms with Crippen molar-refractivity contribution in [2.75, 3.05) is 24.6 Å². The predicted molar refractivity (Wildman–Crippen MR) is 71.8 cm³/mol. The summed E-state index contributed by atoms with van der Waals surface area (Å²) in [5, 5.41) is 3.29. The second-order valence-corrected chi connectivity index (χ2v) is 8.58. The Hall–Kier alpha value is -0.820. The molecule has 2 saturated heterocycles.